The first kappa shape index (κ1) is 14.6. The summed E-state index contributed by atoms with van der Waals surface area (Å²) in [6.45, 7) is 3.84. The summed E-state index contributed by atoms with van der Waals surface area (Å²) in [4.78, 5) is 27.5. The molecule has 1 amide bonds. The summed E-state index contributed by atoms with van der Waals surface area (Å²) in [5.74, 6) is 0.0481. The molecule has 1 aromatic rings. The van der Waals surface area contributed by atoms with E-state index in [0.29, 0.717) is 18.7 Å². The minimum absolute atomic E-state index is 0.0288. The SMILES string of the molecule is Cc1nc(CNC(=O)CC2(C(=O)O)CCCC2)oc1C. The van der Waals surface area contributed by atoms with Crippen molar-refractivity contribution in [2.75, 3.05) is 0 Å². The Morgan fingerprint density at radius 3 is 2.50 bits per heavy atom. The molecule has 1 aliphatic rings. The molecule has 1 fully saturated rings. The van der Waals surface area contributed by atoms with Gasteiger partial charge < -0.3 is 14.8 Å². The van der Waals surface area contributed by atoms with E-state index in [1.807, 2.05) is 13.8 Å². The molecule has 2 rings (SSSR count). The highest BCUT2D eigenvalue weighted by Crippen LogP contribution is 2.41. The van der Waals surface area contributed by atoms with Crippen molar-refractivity contribution < 1.29 is 19.1 Å². The minimum Gasteiger partial charge on any atom is -0.481 e. The van der Waals surface area contributed by atoms with Crippen molar-refractivity contribution in [3.8, 4) is 0 Å². The number of rotatable bonds is 5. The van der Waals surface area contributed by atoms with Gasteiger partial charge in [0.15, 0.2) is 0 Å². The van der Waals surface area contributed by atoms with Crippen LogP contribution >= 0.6 is 0 Å². The topological polar surface area (TPSA) is 92.4 Å². The Kier molecular flexibility index (Phi) is 4.11. The van der Waals surface area contributed by atoms with E-state index in [0.717, 1.165) is 24.3 Å². The van der Waals surface area contributed by atoms with E-state index in [9.17, 15) is 14.7 Å². The summed E-state index contributed by atoms with van der Waals surface area (Å²) in [6, 6.07) is 0. The van der Waals surface area contributed by atoms with E-state index in [1.165, 1.54) is 0 Å². The number of carbonyl (C=O) groups excluding carboxylic acids is 1. The number of aromatic nitrogens is 1. The fraction of sp³-hybridized carbons (Fsp3) is 0.643. The lowest BCUT2D eigenvalue weighted by Gasteiger charge is -2.22. The average molecular weight is 280 g/mol. The summed E-state index contributed by atoms with van der Waals surface area (Å²) in [5, 5.41) is 12.0. The van der Waals surface area contributed by atoms with Gasteiger partial charge in [-0.05, 0) is 26.7 Å². The fourth-order valence-corrected chi connectivity index (χ4v) is 2.68. The van der Waals surface area contributed by atoms with Gasteiger partial charge >= 0.3 is 5.97 Å². The number of carbonyl (C=O) groups is 2. The second-order valence-corrected chi connectivity index (χ2v) is 5.50. The summed E-state index contributed by atoms with van der Waals surface area (Å²) >= 11 is 0. The van der Waals surface area contributed by atoms with Crippen LogP contribution in [0.5, 0.6) is 0 Å². The molecule has 1 heterocycles. The molecule has 0 radical (unpaired) electrons. The number of aliphatic carboxylic acids is 1. The van der Waals surface area contributed by atoms with E-state index < -0.39 is 11.4 Å². The molecule has 2 N–H and O–H groups in total. The first-order chi connectivity index (χ1) is 9.43. The van der Waals surface area contributed by atoms with Crippen molar-refractivity contribution in [1.82, 2.24) is 10.3 Å². The largest absolute Gasteiger partial charge is 0.481 e. The van der Waals surface area contributed by atoms with Crippen LogP contribution in [0.15, 0.2) is 4.42 Å². The van der Waals surface area contributed by atoms with Gasteiger partial charge in [0.2, 0.25) is 11.8 Å². The Morgan fingerprint density at radius 1 is 1.35 bits per heavy atom. The minimum atomic E-state index is -0.882. The highest BCUT2D eigenvalue weighted by atomic mass is 16.4. The van der Waals surface area contributed by atoms with Crippen LogP contribution in [0.2, 0.25) is 0 Å². The molecule has 0 aromatic carbocycles. The molecule has 0 saturated heterocycles. The maximum absolute atomic E-state index is 11.9. The highest BCUT2D eigenvalue weighted by Gasteiger charge is 2.42. The molecular weight excluding hydrogens is 260 g/mol. The second-order valence-electron chi connectivity index (χ2n) is 5.50. The van der Waals surface area contributed by atoms with E-state index in [2.05, 4.69) is 10.3 Å². The second kappa shape index (κ2) is 5.64. The number of amides is 1. The summed E-state index contributed by atoms with van der Waals surface area (Å²) in [6.07, 6.45) is 2.93. The molecule has 20 heavy (non-hydrogen) atoms. The van der Waals surface area contributed by atoms with Gasteiger partial charge in [-0.25, -0.2) is 4.98 Å². The molecular formula is C14H20N2O4. The summed E-state index contributed by atoms with van der Waals surface area (Å²) in [7, 11) is 0. The average Bonchev–Trinajstić information content (AvgIpc) is 2.96. The van der Waals surface area contributed by atoms with Crippen LogP contribution < -0.4 is 5.32 Å². The highest BCUT2D eigenvalue weighted by molar-refractivity contribution is 5.85. The van der Waals surface area contributed by atoms with Crippen molar-refractivity contribution in [3.05, 3.63) is 17.3 Å². The predicted molar refractivity (Wildman–Crippen MR) is 71.0 cm³/mol. The van der Waals surface area contributed by atoms with Crippen molar-refractivity contribution >= 4 is 11.9 Å². The third-order valence-corrected chi connectivity index (χ3v) is 4.02. The Labute approximate surface area is 117 Å². The predicted octanol–water partition coefficient (Wildman–Crippen LogP) is 1.94. The van der Waals surface area contributed by atoms with Crippen LogP contribution in [0, 0.1) is 19.3 Å². The third-order valence-electron chi connectivity index (χ3n) is 4.02. The monoisotopic (exact) mass is 280 g/mol. The van der Waals surface area contributed by atoms with Crippen molar-refractivity contribution in [2.45, 2.75) is 52.5 Å². The van der Waals surface area contributed by atoms with E-state index >= 15 is 0 Å². The van der Waals surface area contributed by atoms with Crippen LogP contribution in [0.3, 0.4) is 0 Å². The van der Waals surface area contributed by atoms with E-state index in [-0.39, 0.29) is 18.9 Å². The fourth-order valence-electron chi connectivity index (χ4n) is 2.68. The van der Waals surface area contributed by atoms with Crippen molar-refractivity contribution in [2.24, 2.45) is 5.41 Å². The van der Waals surface area contributed by atoms with Gasteiger partial charge in [0, 0.05) is 6.42 Å². The Balaban J connectivity index is 1.90. The molecule has 1 saturated carbocycles. The van der Waals surface area contributed by atoms with Crippen molar-refractivity contribution in [1.29, 1.82) is 0 Å². The Bertz CT molecular complexity index is 496. The smallest absolute Gasteiger partial charge is 0.310 e. The standard InChI is InChI=1S/C14H20N2O4/c1-9-10(2)20-12(16-9)8-15-11(17)7-14(13(18)19)5-3-4-6-14/h3-8H2,1-2H3,(H,15,17)(H,18,19). The molecule has 0 unspecified atom stereocenters. The number of nitrogens with one attached hydrogen (secondary N) is 1. The number of carboxylic acid groups (broad SMARTS) is 1. The van der Waals surface area contributed by atoms with Gasteiger partial charge in [-0.3, -0.25) is 9.59 Å². The molecule has 0 bridgehead atoms. The lowest BCUT2D eigenvalue weighted by Crippen LogP contribution is -2.35. The number of oxazole rings is 1. The summed E-state index contributed by atoms with van der Waals surface area (Å²) in [5.41, 5.74) is -0.0842. The zero-order valence-corrected chi connectivity index (χ0v) is 11.9. The van der Waals surface area contributed by atoms with Crippen LogP contribution in [-0.2, 0) is 16.1 Å². The van der Waals surface area contributed by atoms with Gasteiger partial charge in [-0.1, -0.05) is 12.8 Å². The summed E-state index contributed by atoms with van der Waals surface area (Å²) < 4.78 is 5.37. The molecule has 0 spiro atoms. The van der Waals surface area contributed by atoms with Gasteiger partial charge in [0.05, 0.1) is 17.7 Å². The van der Waals surface area contributed by atoms with Crippen LogP contribution in [0.4, 0.5) is 0 Å². The normalized spacial score (nSPS) is 17.1. The van der Waals surface area contributed by atoms with Crippen molar-refractivity contribution in [3.63, 3.8) is 0 Å². The molecule has 0 atom stereocenters. The number of hydrogen-bond donors (Lipinski definition) is 2. The quantitative estimate of drug-likeness (QED) is 0.860. The zero-order valence-electron chi connectivity index (χ0n) is 11.9. The molecule has 1 aromatic heterocycles. The zero-order chi connectivity index (χ0) is 14.8. The third kappa shape index (κ3) is 3.00. The number of hydrogen-bond acceptors (Lipinski definition) is 4. The molecule has 1 aliphatic carbocycles. The molecule has 110 valence electrons. The van der Waals surface area contributed by atoms with Crippen LogP contribution in [-0.4, -0.2) is 22.0 Å². The maximum atomic E-state index is 11.9. The van der Waals surface area contributed by atoms with E-state index in [4.69, 9.17) is 4.42 Å². The lowest BCUT2D eigenvalue weighted by atomic mass is 9.82. The van der Waals surface area contributed by atoms with Gasteiger partial charge in [0.25, 0.3) is 0 Å². The maximum Gasteiger partial charge on any atom is 0.310 e. The number of aryl methyl sites for hydroxylation is 2. The van der Waals surface area contributed by atoms with Gasteiger partial charge in [-0.2, -0.15) is 0 Å². The number of nitrogens with zero attached hydrogens (tertiary/aromatic N) is 1. The first-order valence-corrected chi connectivity index (χ1v) is 6.86. The Morgan fingerprint density at radius 2 is 2.00 bits per heavy atom. The lowest BCUT2D eigenvalue weighted by molar-refractivity contribution is -0.151. The molecule has 0 aliphatic heterocycles. The van der Waals surface area contributed by atoms with Gasteiger partial charge in [-0.15, -0.1) is 0 Å². The van der Waals surface area contributed by atoms with Crippen LogP contribution in [0.1, 0.15) is 49.4 Å². The Hall–Kier alpha value is -1.85. The van der Waals surface area contributed by atoms with Gasteiger partial charge in [0.1, 0.15) is 5.76 Å². The first-order valence-electron chi connectivity index (χ1n) is 6.86. The molecule has 6 heteroatoms. The van der Waals surface area contributed by atoms with Crippen LogP contribution in [0.25, 0.3) is 0 Å². The van der Waals surface area contributed by atoms with E-state index in [1.54, 1.807) is 0 Å². The number of carboxylic acids is 1. The molecule has 6 nitrogen and oxygen atoms in total.